The smallest absolute Gasteiger partial charge is 0.148 e. The maximum atomic E-state index is 5.19. The summed E-state index contributed by atoms with van der Waals surface area (Å²) in [5.41, 5.74) is 1.93. The van der Waals surface area contributed by atoms with E-state index >= 15 is 0 Å². The number of methoxy groups -OCH3 is 1. The van der Waals surface area contributed by atoms with Gasteiger partial charge in [-0.25, -0.2) is 0 Å². The first-order valence-corrected chi connectivity index (χ1v) is 8.73. The Hall–Kier alpha value is -2.14. The van der Waals surface area contributed by atoms with Crippen molar-refractivity contribution < 1.29 is 4.74 Å². The summed E-state index contributed by atoms with van der Waals surface area (Å²) < 4.78 is 5.19. The summed E-state index contributed by atoms with van der Waals surface area (Å²) in [6.07, 6.45) is 2.58. The van der Waals surface area contributed by atoms with Crippen LogP contribution in [0.1, 0.15) is 19.8 Å². The number of nitrogens with one attached hydrogen (secondary N) is 1. The van der Waals surface area contributed by atoms with Crippen LogP contribution in [0.25, 0.3) is 11.3 Å². The monoisotopic (exact) mass is 324 g/mol. The molecule has 0 radical (unpaired) electrons. The van der Waals surface area contributed by atoms with Gasteiger partial charge in [-0.1, -0.05) is 0 Å². The summed E-state index contributed by atoms with van der Waals surface area (Å²) in [4.78, 5) is 2.58. The van der Waals surface area contributed by atoms with Crippen molar-refractivity contribution in [3.05, 3.63) is 36.4 Å². The van der Waals surface area contributed by atoms with Gasteiger partial charge < -0.3 is 10.1 Å². The number of aromatic nitrogens is 2. The lowest BCUT2D eigenvalue weighted by molar-refractivity contribution is 0.0457. The standard InChI is InChI=1S/C19H24N4O/c1-13-19(15-9-11-23(13)12-10-15)20-18-8-7-17(21-22-18)14-3-5-16(24-2)6-4-14/h3-8,13,15,19H,9-12H2,1-2H3,(H,20,22)/t13-,19+/m1/s1. The van der Waals surface area contributed by atoms with Crippen molar-refractivity contribution in [2.24, 2.45) is 5.92 Å². The van der Waals surface area contributed by atoms with E-state index in [0.29, 0.717) is 12.1 Å². The quantitative estimate of drug-likeness (QED) is 0.937. The van der Waals surface area contributed by atoms with Crippen molar-refractivity contribution in [2.45, 2.75) is 31.8 Å². The third-order valence-electron chi connectivity index (χ3n) is 5.54. The number of hydrogen-bond acceptors (Lipinski definition) is 5. The van der Waals surface area contributed by atoms with Crippen LogP contribution in [0.5, 0.6) is 5.75 Å². The van der Waals surface area contributed by atoms with E-state index in [0.717, 1.165) is 28.7 Å². The van der Waals surface area contributed by atoms with Gasteiger partial charge in [0.2, 0.25) is 0 Å². The van der Waals surface area contributed by atoms with Gasteiger partial charge in [-0.05, 0) is 75.2 Å². The van der Waals surface area contributed by atoms with Gasteiger partial charge >= 0.3 is 0 Å². The van der Waals surface area contributed by atoms with Gasteiger partial charge in [0, 0.05) is 17.6 Å². The van der Waals surface area contributed by atoms with Crippen LogP contribution in [-0.2, 0) is 0 Å². The van der Waals surface area contributed by atoms with Crippen molar-refractivity contribution in [1.82, 2.24) is 15.1 Å². The summed E-state index contributed by atoms with van der Waals surface area (Å²) in [5, 5.41) is 12.4. The molecule has 0 saturated carbocycles. The Morgan fingerprint density at radius 3 is 2.38 bits per heavy atom. The molecule has 3 aliphatic rings. The molecule has 4 heterocycles. The average molecular weight is 324 g/mol. The lowest BCUT2D eigenvalue weighted by atomic mass is 9.79. The molecule has 0 aliphatic carbocycles. The number of rotatable bonds is 4. The van der Waals surface area contributed by atoms with E-state index in [9.17, 15) is 0 Å². The fraction of sp³-hybridized carbons (Fsp3) is 0.474. The maximum Gasteiger partial charge on any atom is 0.148 e. The molecule has 2 aromatic rings. The molecule has 0 unspecified atom stereocenters. The van der Waals surface area contributed by atoms with Gasteiger partial charge in [-0.2, -0.15) is 0 Å². The summed E-state index contributed by atoms with van der Waals surface area (Å²) >= 11 is 0. The van der Waals surface area contributed by atoms with Crippen LogP contribution in [0.4, 0.5) is 5.82 Å². The fourth-order valence-corrected chi connectivity index (χ4v) is 4.04. The topological polar surface area (TPSA) is 50.3 Å². The van der Waals surface area contributed by atoms with E-state index in [1.807, 2.05) is 36.4 Å². The zero-order valence-corrected chi connectivity index (χ0v) is 14.3. The molecule has 126 valence electrons. The van der Waals surface area contributed by atoms with E-state index in [-0.39, 0.29) is 0 Å². The Morgan fingerprint density at radius 1 is 1.04 bits per heavy atom. The number of nitrogens with zero attached hydrogens (tertiary/aromatic N) is 3. The van der Waals surface area contributed by atoms with Crippen LogP contribution in [0.15, 0.2) is 36.4 Å². The third kappa shape index (κ3) is 2.84. The number of piperidine rings is 3. The lowest BCUT2D eigenvalue weighted by Crippen LogP contribution is -2.59. The molecule has 3 aliphatic heterocycles. The average Bonchev–Trinajstić information content (AvgIpc) is 2.66. The molecule has 2 atom stereocenters. The lowest BCUT2D eigenvalue weighted by Gasteiger charge is -2.50. The van der Waals surface area contributed by atoms with Gasteiger partial charge in [0.25, 0.3) is 0 Å². The zero-order chi connectivity index (χ0) is 16.5. The van der Waals surface area contributed by atoms with Crippen LogP contribution in [-0.4, -0.2) is 47.4 Å². The first-order valence-electron chi connectivity index (χ1n) is 8.73. The van der Waals surface area contributed by atoms with E-state index in [1.54, 1.807) is 7.11 Å². The second kappa shape index (κ2) is 6.40. The van der Waals surface area contributed by atoms with Crippen molar-refractivity contribution in [3.63, 3.8) is 0 Å². The molecule has 3 fully saturated rings. The van der Waals surface area contributed by atoms with E-state index < -0.39 is 0 Å². The normalized spacial score (nSPS) is 28.6. The molecule has 1 aromatic heterocycles. The summed E-state index contributed by atoms with van der Waals surface area (Å²) in [6, 6.07) is 13.0. The minimum Gasteiger partial charge on any atom is -0.497 e. The Balaban J connectivity index is 1.47. The highest BCUT2D eigenvalue weighted by Gasteiger charge is 2.39. The van der Waals surface area contributed by atoms with E-state index in [2.05, 4.69) is 27.3 Å². The van der Waals surface area contributed by atoms with Crippen molar-refractivity contribution in [1.29, 1.82) is 0 Å². The van der Waals surface area contributed by atoms with Crippen molar-refractivity contribution in [2.75, 3.05) is 25.5 Å². The minimum absolute atomic E-state index is 0.480. The Bertz CT molecular complexity index is 676. The first kappa shape index (κ1) is 15.4. The molecular formula is C19H24N4O. The number of fused-ring (bicyclic) bond motifs is 3. The Kier molecular flexibility index (Phi) is 4.10. The molecule has 24 heavy (non-hydrogen) atoms. The van der Waals surface area contributed by atoms with Crippen LogP contribution in [0.2, 0.25) is 0 Å². The SMILES string of the molecule is COc1ccc(-c2ccc(N[C@@H]3C4CCN(CC4)[C@@H]3C)nn2)cc1. The first-order chi connectivity index (χ1) is 11.7. The van der Waals surface area contributed by atoms with Crippen LogP contribution in [0, 0.1) is 5.92 Å². The van der Waals surface area contributed by atoms with Crippen molar-refractivity contribution in [3.8, 4) is 17.0 Å². The van der Waals surface area contributed by atoms with Gasteiger partial charge in [-0.15, -0.1) is 10.2 Å². The molecule has 5 heteroatoms. The van der Waals surface area contributed by atoms with Crippen LogP contribution >= 0.6 is 0 Å². The highest BCUT2D eigenvalue weighted by Crippen LogP contribution is 2.33. The van der Waals surface area contributed by atoms with Crippen LogP contribution in [0.3, 0.4) is 0 Å². The molecule has 3 saturated heterocycles. The number of ether oxygens (including phenoxy) is 1. The number of benzene rings is 1. The summed E-state index contributed by atoms with van der Waals surface area (Å²) in [6.45, 7) is 4.81. The Labute approximate surface area is 143 Å². The van der Waals surface area contributed by atoms with Gasteiger partial charge in [0.15, 0.2) is 0 Å². The minimum atomic E-state index is 0.480. The molecule has 5 nitrogen and oxygen atoms in total. The van der Waals surface area contributed by atoms with E-state index in [4.69, 9.17) is 4.74 Å². The number of anilines is 1. The van der Waals surface area contributed by atoms with Gasteiger partial charge in [0.05, 0.1) is 12.8 Å². The summed E-state index contributed by atoms with van der Waals surface area (Å²) in [5.74, 6) is 2.48. The summed E-state index contributed by atoms with van der Waals surface area (Å²) in [7, 11) is 1.67. The van der Waals surface area contributed by atoms with Gasteiger partial charge in [-0.3, -0.25) is 4.90 Å². The zero-order valence-electron chi connectivity index (χ0n) is 14.3. The molecule has 2 bridgehead atoms. The van der Waals surface area contributed by atoms with Gasteiger partial charge in [0.1, 0.15) is 11.6 Å². The molecule has 1 N–H and O–H groups in total. The molecular weight excluding hydrogens is 300 g/mol. The second-order valence-electron chi connectivity index (χ2n) is 6.82. The molecule has 0 spiro atoms. The van der Waals surface area contributed by atoms with E-state index in [1.165, 1.54) is 25.9 Å². The third-order valence-corrected chi connectivity index (χ3v) is 5.54. The molecule has 0 amide bonds. The molecule has 1 aromatic carbocycles. The second-order valence-corrected chi connectivity index (χ2v) is 6.82. The Morgan fingerprint density at radius 2 is 1.79 bits per heavy atom. The highest BCUT2D eigenvalue weighted by molar-refractivity contribution is 5.60. The maximum absolute atomic E-state index is 5.19. The highest BCUT2D eigenvalue weighted by atomic mass is 16.5. The van der Waals surface area contributed by atoms with Crippen molar-refractivity contribution >= 4 is 5.82 Å². The van der Waals surface area contributed by atoms with Crippen LogP contribution < -0.4 is 10.1 Å². The number of hydrogen-bond donors (Lipinski definition) is 1. The largest absolute Gasteiger partial charge is 0.497 e. The predicted molar refractivity (Wildman–Crippen MR) is 95.2 cm³/mol. The molecule has 5 rings (SSSR count). The fourth-order valence-electron chi connectivity index (χ4n) is 4.04. The predicted octanol–water partition coefficient (Wildman–Crippen LogP) is 3.05.